The standard InChI is InChI=1S/C9H15F3N4O3S3/c10-7(14,1-20)5(18)15-9(12,3-22)6(19)16-8(11,2-21)4(13)17/h20-22H,1-3,14H2,(H2,13,17)(H,15,18)(H,16,19)/t7?,8?,9-/m0/s1. The van der Waals surface area contributed by atoms with Crippen LogP contribution in [0.3, 0.4) is 0 Å². The molecule has 0 saturated carbocycles. The summed E-state index contributed by atoms with van der Waals surface area (Å²) in [4.78, 5) is 34.0. The summed E-state index contributed by atoms with van der Waals surface area (Å²) in [5.41, 5.74) is 9.59. The molecule has 13 heteroatoms. The van der Waals surface area contributed by atoms with Crippen molar-refractivity contribution in [3.63, 3.8) is 0 Å². The number of carbonyl (C=O) groups excluding carboxylic acids is 3. The first-order chi connectivity index (χ1) is 9.88. The second-order valence-electron chi connectivity index (χ2n) is 4.21. The molecule has 3 amide bonds. The second kappa shape index (κ2) is 7.66. The number of amides is 3. The Morgan fingerprint density at radius 1 is 0.864 bits per heavy atom. The largest absolute Gasteiger partial charge is 0.365 e. The van der Waals surface area contributed by atoms with Crippen LogP contribution in [0.4, 0.5) is 13.2 Å². The van der Waals surface area contributed by atoms with E-state index in [9.17, 15) is 27.6 Å². The number of hydrogen-bond acceptors (Lipinski definition) is 7. The fourth-order valence-electron chi connectivity index (χ4n) is 0.982. The molecule has 0 aliphatic heterocycles. The van der Waals surface area contributed by atoms with Gasteiger partial charge in [0.2, 0.25) is 5.79 Å². The Kier molecular flexibility index (Phi) is 7.38. The molecule has 2 unspecified atom stereocenters. The van der Waals surface area contributed by atoms with Crippen molar-refractivity contribution in [2.24, 2.45) is 11.5 Å². The topological polar surface area (TPSA) is 127 Å². The van der Waals surface area contributed by atoms with E-state index in [0.29, 0.717) is 0 Å². The molecule has 0 aromatic rings. The predicted octanol–water partition coefficient (Wildman–Crippen LogP) is -1.55. The number of hydrogen-bond donors (Lipinski definition) is 7. The fourth-order valence-corrected chi connectivity index (χ4v) is 1.58. The molecule has 0 fully saturated rings. The molecular formula is C9H15F3N4O3S3. The van der Waals surface area contributed by atoms with Crippen molar-refractivity contribution in [1.82, 2.24) is 10.6 Å². The minimum atomic E-state index is -3.35. The second-order valence-corrected chi connectivity index (χ2v) is 5.16. The summed E-state index contributed by atoms with van der Waals surface area (Å²) in [6.45, 7) is 0. The molecule has 3 atom stereocenters. The van der Waals surface area contributed by atoms with Gasteiger partial charge in [0.05, 0.1) is 11.5 Å². The van der Waals surface area contributed by atoms with E-state index in [1.54, 1.807) is 0 Å². The number of alkyl halides is 3. The van der Waals surface area contributed by atoms with Crippen LogP contribution in [-0.4, -0.2) is 52.4 Å². The molecule has 0 aliphatic carbocycles. The summed E-state index contributed by atoms with van der Waals surface area (Å²) >= 11 is 10.4. The summed E-state index contributed by atoms with van der Waals surface area (Å²) in [5, 5.41) is 2.66. The van der Waals surface area contributed by atoms with E-state index in [0.717, 1.165) is 0 Å². The first-order valence-electron chi connectivity index (χ1n) is 5.52. The summed E-state index contributed by atoms with van der Waals surface area (Å²) in [6.07, 6.45) is 0. The van der Waals surface area contributed by atoms with Gasteiger partial charge < -0.3 is 16.4 Å². The Labute approximate surface area is 140 Å². The zero-order valence-electron chi connectivity index (χ0n) is 11.0. The summed E-state index contributed by atoms with van der Waals surface area (Å²) in [5.74, 6) is -17.5. The molecule has 0 spiro atoms. The zero-order chi connectivity index (χ0) is 17.8. The van der Waals surface area contributed by atoms with E-state index in [1.165, 1.54) is 10.6 Å². The van der Waals surface area contributed by atoms with E-state index in [2.05, 4.69) is 37.9 Å². The average molecular weight is 380 g/mol. The minimum Gasteiger partial charge on any atom is -0.365 e. The van der Waals surface area contributed by atoms with Crippen LogP contribution in [0.1, 0.15) is 0 Å². The van der Waals surface area contributed by atoms with Gasteiger partial charge in [-0.05, 0) is 0 Å². The molecule has 6 N–H and O–H groups in total. The van der Waals surface area contributed by atoms with Crippen LogP contribution >= 0.6 is 37.9 Å². The first kappa shape index (κ1) is 21.2. The third kappa shape index (κ3) is 4.86. The number of carbonyl (C=O) groups is 3. The predicted molar refractivity (Wildman–Crippen MR) is 82.7 cm³/mol. The molecule has 0 heterocycles. The number of primary amides is 1. The SMILES string of the molecule is NC(=O)C(F)(CS)NC(=O)[C@](F)(CS)NC(=O)C(N)(F)CS. The van der Waals surface area contributed by atoms with Crippen LogP contribution < -0.4 is 22.1 Å². The molecule has 22 heavy (non-hydrogen) atoms. The lowest BCUT2D eigenvalue weighted by Crippen LogP contribution is -2.67. The van der Waals surface area contributed by atoms with Gasteiger partial charge in [0.1, 0.15) is 0 Å². The molecule has 0 saturated heterocycles. The van der Waals surface area contributed by atoms with Crippen LogP contribution in [0.2, 0.25) is 0 Å². The number of nitrogens with two attached hydrogens (primary N) is 2. The third-order valence-electron chi connectivity index (χ3n) is 2.42. The normalized spacial score (nSPS) is 19.2. The molecule has 0 aromatic heterocycles. The maximum Gasteiger partial charge on any atom is 0.282 e. The molecule has 0 bridgehead atoms. The van der Waals surface area contributed by atoms with Crippen molar-refractivity contribution < 1.29 is 27.6 Å². The minimum absolute atomic E-state index is 0.811. The van der Waals surface area contributed by atoms with Crippen molar-refractivity contribution in [3.05, 3.63) is 0 Å². The van der Waals surface area contributed by atoms with Gasteiger partial charge in [0.25, 0.3) is 29.3 Å². The molecule has 0 aliphatic rings. The van der Waals surface area contributed by atoms with Gasteiger partial charge >= 0.3 is 0 Å². The van der Waals surface area contributed by atoms with Gasteiger partial charge in [-0.2, -0.15) is 37.9 Å². The summed E-state index contributed by atoms with van der Waals surface area (Å²) in [7, 11) is 0. The first-order valence-corrected chi connectivity index (χ1v) is 7.41. The fraction of sp³-hybridized carbons (Fsp3) is 0.667. The van der Waals surface area contributed by atoms with Crippen molar-refractivity contribution in [2.75, 3.05) is 17.3 Å². The molecule has 0 aromatic carbocycles. The highest BCUT2D eigenvalue weighted by atomic mass is 32.1. The van der Waals surface area contributed by atoms with Gasteiger partial charge in [-0.1, -0.05) is 0 Å². The van der Waals surface area contributed by atoms with E-state index < -0.39 is 52.4 Å². The maximum absolute atomic E-state index is 14.4. The van der Waals surface area contributed by atoms with E-state index in [-0.39, 0.29) is 0 Å². The maximum atomic E-state index is 14.4. The van der Waals surface area contributed by atoms with Gasteiger partial charge in [0, 0.05) is 5.75 Å². The zero-order valence-corrected chi connectivity index (χ0v) is 13.7. The average Bonchev–Trinajstić information content (AvgIpc) is 2.46. The number of rotatable bonds is 8. The molecular weight excluding hydrogens is 365 g/mol. The number of halogens is 3. The van der Waals surface area contributed by atoms with Gasteiger partial charge in [-0.15, -0.1) is 0 Å². The van der Waals surface area contributed by atoms with E-state index in [4.69, 9.17) is 11.5 Å². The lowest BCUT2D eigenvalue weighted by molar-refractivity contribution is -0.149. The van der Waals surface area contributed by atoms with Gasteiger partial charge in [0.15, 0.2) is 0 Å². The lowest BCUT2D eigenvalue weighted by atomic mass is 10.2. The molecule has 7 nitrogen and oxygen atoms in total. The smallest absolute Gasteiger partial charge is 0.282 e. The Morgan fingerprint density at radius 2 is 1.27 bits per heavy atom. The van der Waals surface area contributed by atoms with Crippen LogP contribution in [0.5, 0.6) is 0 Å². The van der Waals surface area contributed by atoms with Crippen molar-refractivity contribution >= 4 is 55.6 Å². The molecule has 0 rings (SSSR count). The Hall–Kier alpha value is -0.790. The van der Waals surface area contributed by atoms with Crippen LogP contribution in [0.25, 0.3) is 0 Å². The summed E-state index contributed by atoms with van der Waals surface area (Å²) < 4.78 is 41.7. The number of thiol groups is 3. The van der Waals surface area contributed by atoms with Crippen molar-refractivity contribution in [2.45, 2.75) is 17.4 Å². The van der Waals surface area contributed by atoms with Crippen molar-refractivity contribution in [3.8, 4) is 0 Å². The molecule has 128 valence electrons. The monoisotopic (exact) mass is 380 g/mol. The van der Waals surface area contributed by atoms with Crippen molar-refractivity contribution in [1.29, 1.82) is 0 Å². The highest BCUT2D eigenvalue weighted by molar-refractivity contribution is 7.80. The van der Waals surface area contributed by atoms with Crippen LogP contribution in [-0.2, 0) is 14.4 Å². The van der Waals surface area contributed by atoms with E-state index in [1.807, 2.05) is 0 Å². The Morgan fingerprint density at radius 3 is 1.59 bits per heavy atom. The summed E-state index contributed by atoms with van der Waals surface area (Å²) in [6, 6.07) is 0. The van der Waals surface area contributed by atoms with Crippen LogP contribution in [0.15, 0.2) is 0 Å². The lowest BCUT2D eigenvalue weighted by Gasteiger charge is -2.30. The quantitative estimate of drug-likeness (QED) is 0.203. The Balaban J connectivity index is 5.27. The van der Waals surface area contributed by atoms with Gasteiger partial charge in [-0.25, -0.2) is 13.2 Å². The third-order valence-corrected chi connectivity index (χ3v) is 3.75. The highest BCUT2D eigenvalue weighted by Gasteiger charge is 2.48. The molecule has 0 radical (unpaired) electrons. The van der Waals surface area contributed by atoms with E-state index >= 15 is 0 Å². The number of nitrogens with one attached hydrogen (secondary N) is 2. The highest BCUT2D eigenvalue weighted by Crippen LogP contribution is 2.17. The van der Waals surface area contributed by atoms with Gasteiger partial charge in [-0.3, -0.25) is 20.1 Å². The Bertz CT molecular complexity index is 471. The van der Waals surface area contributed by atoms with Crippen LogP contribution in [0, 0.1) is 0 Å².